The van der Waals surface area contributed by atoms with Crippen LogP contribution in [0, 0.1) is 14.9 Å². The number of rotatable bonds is 7. The molecular formula is C22H21IN2O5. The molecule has 8 heteroatoms. The second kappa shape index (κ2) is 9.71. The molecule has 1 heterocycles. The lowest BCUT2D eigenvalue weighted by Gasteiger charge is -2.15. The zero-order chi connectivity index (χ0) is 21.7. The van der Waals surface area contributed by atoms with E-state index in [-0.39, 0.29) is 18.3 Å². The van der Waals surface area contributed by atoms with E-state index in [9.17, 15) is 10.1 Å². The highest BCUT2D eigenvalue weighted by molar-refractivity contribution is 14.1. The fourth-order valence-electron chi connectivity index (χ4n) is 2.81. The predicted molar refractivity (Wildman–Crippen MR) is 120 cm³/mol. The minimum absolute atomic E-state index is 0.0484. The minimum atomic E-state index is -0.353. The molecule has 3 rings (SSSR count). The number of nitrogens with zero attached hydrogens (tertiary/aromatic N) is 2. The Hall–Kier alpha value is -2.93. The minimum Gasteiger partial charge on any atom is -0.490 e. The first-order valence-corrected chi connectivity index (χ1v) is 10.3. The summed E-state index contributed by atoms with van der Waals surface area (Å²) in [5.41, 5.74) is 1.67. The molecular weight excluding hydrogens is 499 g/mol. The number of likely N-dealkylation sites (N-methyl/N-ethyl adjacent to an activating group) is 1. The molecule has 0 radical (unpaired) electrons. The lowest BCUT2D eigenvalue weighted by molar-refractivity contribution is -0.124. The number of benzene rings is 2. The van der Waals surface area contributed by atoms with Gasteiger partial charge < -0.3 is 23.8 Å². The topological polar surface area (TPSA) is 81.0 Å². The summed E-state index contributed by atoms with van der Waals surface area (Å²) in [5, 5.41) is 9.34. The van der Waals surface area contributed by atoms with Crippen LogP contribution in [-0.2, 0) is 11.4 Å². The molecule has 0 unspecified atom stereocenters. The molecule has 156 valence electrons. The SMILES string of the molecule is CCOc1cc(/C=C(/C#N)C(=O)N(C)C)cc(I)c1OCc1ccc2c(c1)OCO2. The third-order valence-electron chi connectivity index (χ3n) is 4.22. The smallest absolute Gasteiger partial charge is 0.264 e. The van der Waals surface area contributed by atoms with Crippen molar-refractivity contribution >= 4 is 34.6 Å². The molecule has 0 aliphatic carbocycles. The molecule has 2 aromatic rings. The fourth-order valence-corrected chi connectivity index (χ4v) is 3.59. The molecule has 0 fully saturated rings. The molecule has 0 atom stereocenters. The van der Waals surface area contributed by atoms with E-state index in [1.165, 1.54) is 4.90 Å². The Kier molecular flexibility index (Phi) is 7.05. The number of fused-ring (bicyclic) bond motifs is 1. The van der Waals surface area contributed by atoms with Crippen molar-refractivity contribution in [3.05, 3.63) is 50.6 Å². The summed E-state index contributed by atoms with van der Waals surface area (Å²) in [6, 6.07) is 11.2. The molecule has 0 bridgehead atoms. The van der Waals surface area contributed by atoms with E-state index < -0.39 is 0 Å². The van der Waals surface area contributed by atoms with Crippen molar-refractivity contribution in [2.45, 2.75) is 13.5 Å². The molecule has 0 N–H and O–H groups in total. The third kappa shape index (κ3) is 4.97. The van der Waals surface area contributed by atoms with Gasteiger partial charge in [0.15, 0.2) is 23.0 Å². The number of nitriles is 1. The Labute approximate surface area is 188 Å². The van der Waals surface area contributed by atoms with Gasteiger partial charge in [0.1, 0.15) is 18.2 Å². The van der Waals surface area contributed by atoms with Gasteiger partial charge in [-0.25, -0.2) is 0 Å². The number of amides is 1. The number of carbonyl (C=O) groups excluding carboxylic acids is 1. The zero-order valence-corrected chi connectivity index (χ0v) is 19.1. The summed E-state index contributed by atoms with van der Waals surface area (Å²) in [4.78, 5) is 13.5. The van der Waals surface area contributed by atoms with Crippen LogP contribution in [0.4, 0.5) is 0 Å². The number of ether oxygens (including phenoxy) is 4. The lowest BCUT2D eigenvalue weighted by atomic mass is 10.1. The molecule has 0 saturated carbocycles. The molecule has 1 amide bonds. The van der Waals surface area contributed by atoms with Crippen LogP contribution < -0.4 is 18.9 Å². The van der Waals surface area contributed by atoms with Crippen molar-refractivity contribution < 1.29 is 23.7 Å². The van der Waals surface area contributed by atoms with Crippen molar-refractivity contribution in [1.82, 2.24) is 4.90 Å². The van der Waals surface area contributed by atoms with E-state index in [4.69, 9.17) is 18.9 Å². The Morgan fingerprint density at radius 2 is 2.00 bits per heavy atom. The maximum Gasteiger partial charge on any atom is 0.264 e. The van der Waals surface area contributed by atoms with E-state index >= 15 is 0 Å². The van der Waals surface area contributed by atoms with Gasteiger partial charge in [0, 0.05) is 14.1 Å². The summed E-state index contributed by atoms with van der Waals surface area (Å²) in [6.45, 7) is 2.88. The fraction of sp³-hybridized carbons (Fsp3) is 0.273. The molecule has 1 aliphatic heterocycles. The van der Waals surface area contributed by atoms with Crippen LogP contribution in [0.2, 0.25) is 0 Å². The van der Waals surface area contributed by atoms with Crippen LogP contribution in [0.15, 0.2) is 35.9 Å². The number of carbonyl (C=O) groups is 1. The largest absolute Gasteiger partial charge is 0.490 e. The second-order valence-corrected chi connectivity index (χ2v) is 7.77. The van der Waals surface area contributed by atoms with Gasteiger partial charge in [-0.15, -0.1) is 0 Å². The summed E-state index contributed by atoms with van der Waals surface area (Å²) in [6.07, 6.45) is 1.55. The van der Waals surface area contributed by atoms with Crippen LogP contribution in [-0.4, -0.2) is 38.3 Å². The molecule has 30 heavy (non-hydrogen) atoms. The highest BCUT2D eigenvalue weighted by atomic mass is 127. The summed E-state index contributed by atoms with van der Waals surface area (Å²) in [5.74, 6) is 2.22. The maximum atomic E-state index is 12.1. The Morgan fingerprint density at radius 1 is 1.23 bits per heavy atom. The lowest BCUT2D eigenvalue weighted by Crippen LogP contribution is -2.22. The van der Waals surface area contributed by atoms with Crippen LogP contribution in [0.5, 0.6) is 23.0 Å². The van der Waals surface area contributed by atoms with E-state index in [1.807, 2.05) is 37.3 Å². The highest BCUT2D eigenvalue weighted by Gasteiger charge is 2.17. The Balaban J connectivity index is 1.86. The van der Waals surface area contributed by atoms with Crippen LogP contribution >= 0.6 is 22.6 Å². The number of hydrogen-bond donors (Lipinski definition) is 0. The first-order chi connectivity index (χ1) is 14.4. The van der Waals surface area contributed by atoms with Crippen LogP contribution in [0.25, 0.3) is 6.08 Å². The van der Waals surface area contributed by atoms with E-state index in [2.05, 4.69) is 22.6 Å². The molecule has 7 nitrogen and oxygen atoms in total. The van der Waals surface area contributed by atoms with Crippen molar-refractivity contribution in [2.75, 3.05) is 27.5 Å². The monoisotopic (exact) mass is 520 g/mol. The van der Waals surface area contributed by atoms with Crippen molar-refractivity contribution in [3.63, 3.8) is 0 Å². The standard InChI is InChI=1S/C22H21IN2O5/c1-4-27-20-10-15(7-16(11-24)22(26)25(2)3)8-17(23)21(20)28-12-14-5-6-18-19(9-14)30-13-29-18/h5-10H,4,12-13H2,1-3H3/b16-7-. The molecule has 0 aromatic heterocycles. The normalized spacial score (nSPS) is 12.3. The van der Waals surface area contributed by atoms with Gasteiger partial charge in [-0.2, -0.15) is 5.26 Å². The van der Waals surface area contributed by atoms with Gasteiger partial charge in [0.05, 0.1) is 10.2 Å². The Morgan fingerprint density at radius 3 is 2.70 bits per heavy atom. The summed E-state index contributed by atoms with van der Waals surface area (Å²) < 4.78 is 23.4. The van der Waals surface area contributed by atoms with Gasteiger partial charge in [-0.05, 0) is 71.0 Å². The first kappa shape index (κ1) is 21.8. The van der Waals surface area contributed by atoms with Gasteiger partial charge in [-0.1, -0.05) is 6.07 Å². The quantitative estimate of drug-likeness (QED) is 0.312. The highest BCUT2D eigenvalue weighted by Crippen LogP contribution is 2.37. The molecule has 0 saturated heterocycles. The third-order valence-corrected chi connectivity index (χ3v) is 5.02. The predicted octanol–water partition coefficient (Wildman–Crippen LogP) is 3.99. The van der Waals surface area contributed by atoms with Crippen molar-refractivity contribution in [1.29, 1.82) is 5.26 Å². The average molecular weight is 520 g/mol. The van der Waals surface area contributed by atoms with Gasteiger partial charge >= 0.3 is 0 Å². The number of halogens is 1. The number of hydrogen-bond acceptors (Lipinski definition) is 6. The first-order valence-electron chi connectivity index (χ1n) is 9.24. The maximum absolute atomic E-state index is 12.1. The summed E-state index contributed by atoms with van der Waals surface area (Å²) in [7, 11) is 3.21. The zero-order valence-electron chi connectivity index (χ0n) is 16.9. The molecule has 1 aliphatic rings. The molecule has 0 spiro atoms. The average Bonchev–Trinajstić information content (AvgIpc) is 3.19. The van der Waals surface area contributed by atoms with E-state index in [0.29, 0.717) is 36.0 Å². The second-order valence-electron chi connectivity index (χ2n) is 6.61. The Bertz CT molecular complexity index is 1030. The van der Waals surface area contributed by atoms with Gasteiger partial charge in [0.2, 0.25) is 6.79 Å². The van der Waals surface area contributed by atoms with Crippen LogP contribution in [0.1, 0.15) is 18.1 Å². The van der Waals surface area contributed by atoms with Crippen molar-refractivity contribution in [2.24, 2.45) is 0 Å². The van der Waals surface area contributed by atoms with Gasteiger partial charge in [0.25, 0.3) is 5.91 Å². The van der Waals surface area contributed by atoms with Crippen LogP contribution in [0.3, 0.4) is 0 Å². The van der Waals surface area contributed by atoms with E-state index in [1.54, 1.807) is 26.2 Å². The van der Waals surface area contributed by atoms with Crippen molar-refractivity contribution in [3.8, 4) is 29.1 Å². The summed E-state index contributed by atoms with van der Waals surface area (Å²) >= 11 is 2.16. The van der Waals surface area contributed by atoms with Gasteiger partial charge in [-0.3, -0.25) is 4.79 Å². The van der Waals surface area contributed by atoms with E-state index in [0.717, 1.165) is 14.9 Å². The molecule has 2 aromatic carbocycles.